The van der Waals surface area contributed by atoms with Gasteiger partial charge < -0.3 is 25.3 Å². The van der Waals surface area contributed by atoms with Crippen LogP contribution in [-0.2, 0) is 14.4 Å². The van der Waals surface area contributed by atoms with Crippen molar-refractivity contribution in [3.8, 4) is 0 Å². The molecule has 1 aromatic carbocycles. The summed E-state index contributed by atoms with van der Waals surface area (Å²) < 4.78 is 0. The first-order valence-corrected chi connectivity index (χ1v) is 12.4. The van der Waals surface area contributed by atoms with Gasteiger partial charge in [-0.1, -0.05) is 39.8 Å². The van der Waals surface area contributed by atoms with E-state index < -0.39 is 18.1 Å². The van der Waals surface area contributed by atoms with Crippen molar-refractivity contribution in [1.29, 1.82) is 0 Å². The van der Waals surface area contributed by atoms with Gasteiger partial charge in [-0.05, 0) is 61.1 Å². The Balaban J connectivity index is 1.56. The fraction of sp³-hybridized carbons (Fsp3) is 0.556. The smallest absolute Gasteiger partial charge is 0.268 e. The first kappa shape index (κ1) is 24.9. The number of H-pyrrole nitrogens is 1. The predicted octanol–water partition coefficient (Wildman–Crippen LogP) is 2.81. The highest BCUT2D eigenvalue weighted by Crippen LogP contribution is 2.64. The van der Waals surface area contributed by atoms with Gasteiger partial charge in [0, 0.05) is 17.4 Å². The Morgan fingerprint density at radius 1 is 1.20 bits per heavy atom. The number of likely N-dealkylation sites (tertiary alicyclic amines) is 1. The Morgan fingerprint density at radius 2 is 1.91 bits per heavy atom. The topological polar surface area (TPSA) is 111 Å². The van der Waals surface area contributed by atoms with E-state index in [1.807, 2.05) is 45.0 Å². The van der Waals surface area contributed by atoms with Gasteiger partial charge >= 0.3 is 0 Å². The maximum absolute atomic E-state index is 13.8. The summed E-state index contributed by atoms with van der Waals surface area (Å²) in [4.78, 5) is 56.0. The maximum atomic E-state index is 13.8. The van der Waals surface area contributed by atoms with Crippen molar-refractivity contribution in [1.82, 2.24) is 20.5 Å². The van der Waals surface area contributed by atoms with Crippen LogP contribution >= 0.6 is 0 Å². The van der Waals surface area contributed by atoms with Gasteiger partial charge in [0.25, 0.3) is 5.91 Å². The van der Waals surface area contributed by atoms with Crippen LogP contribution in [0.1, 0.15) is 57.1 Å². The number of hydrogen-bond acceptors (Lipinski definition) is 4. The van der Waals surface area contributed by atoms with E-state index in [2.05, 4.69) is 29.5 Å². The van der Waals surface area contributed by atoms with E-state index in [0.717, 1.165) is 16.5 Å². The van der Waals surface area contributed by atoms with Gasteiger partial charge in [0.05, 0.1) is 6.04 Å². The zero-order chi connectivity index (χ0) is 25.7. The van der Waals surface area contributed by atoms with E-state index in [9.17, 15) is 19.2 Å². The minimum atomic E-state index is -0.755. The van der Waals surface area contributed by atoms with Gasteiger partial charge in [-0.3, -0.25) is 14.4 Å². The number of nitrogens with one attached hydrogen (secondary N) is 3. The van der Waals surface area contributed by atoms with Gasteiger partial charge in [-0.2, -0.15) is 0 Å². The lowest BCUT2D eigenvalue weighted by Crippen LogP contribution is -2.57. The van der Waals surface area contributed by atoms with E-state index in [1.54, 1.807) is 11.8 Å². The molecule has 8 heteroatoms. The van der Waals surface area contributed by atoms with E-state index in [-0.39, 0.29) is 40.9 Å². The molecule has 0 spiro atoms. The molecule has 3 N–H and O–H groups in total. The first-order valence-electron chi connectivity index (χ1n) is 12.4. The molecule has 4 rings (SSSR count). The van der Waals surface area contributed by atoms with Crippen LogP contribution in [0.15, 0.2) is 24.3 Å². The first-order chi connectivity index (χ1) is 16.4. The zero-order valence-corrected chi connectivity index (χ0v) is 21.3. The fourth-order valence-electron chi connectivity index (χ4n) is 5.72. The molecule has 1 aliphatic carbocycles. The summed E-state index contributed by atoms with van der Waals surface area (Å²) in [5, 5.41) is 6.62. The monoisotopic (exact) mass is 480 g/mol. The summed E-state index contributed by atoms with van der Waals surface area (Å²) in [6.07, 6.45) is 1.14. The Bertz CT molecular complexity index is 1170. The van der Waals surface area contributed by atoms with Crippen molar-refractivity contribution in [3.63, 3.8) is 0 Å². The standard InChI is InChI=1S/C27H36N4O4/c1-14(2)10-21(30-24(33)20-11-17-15(3)8-7-9-19(17)29-20)26(35)31-12-18-22(27(18,5)6)23(31)25(34)28-16(4)13-32/h7-9,11,13-14,16,18,21-23,29H,10,12H2,1-6H3,(H,28,34)(H,30,33)/t16-,18-,21-,22-,23-/m0/s1. The molecule has 0 unspecified atom stereocenters. The number of aromatic amines is 1. The number of benzene rings is 1. The Morgan fingerprint density at radius 3 is 2.54 bits per heavy atom. The average Bonchev–Trinajstić information content (AvgIpc) is 3.19. The van der Waals surface area contributed by atoms with Crippen LogP contribution in [-0.4, -0.2) is 58.6 Å². The number of hydrogen-bond donors (Lipinski definition) is 3. The lowest BCUT2D eigenvalue weighted by molar-refractivity contribution is -0.142. The van der Waals surface area contributed by atoms with Gasteiger partial charge in [0.2, 0.25) is 11.8 Å². The summed E-state index contributed by atoms with van der Waals surface area (Å²) in [5.74, 6) is -0.485. The van der Waals surface area contributed by atoms with Crippen LogP contribution in [0.25, 0.3) is 10.9 Å². The van der Waals surface area contributed by atoms with Gasteiger partial charge in [-0.15, -0.1) is 0 Å². The molecule has 1 saturated carbocycles. The van der Waals surface area contributed by atoms with E-state index in [1.165, 1.54) is 0 Å². The molecule has 2 aromatic rings. The van der Waals surface area contributed by atoms with Crippen molar-refractivity contribution >= 4 is 34.9 Å². The number of aldehydes is 1. The number of nitrogens with zero attached hydrogens (tertiary/aromatic N) is 1. The van der Waals surface area contributed by atoms with Crippen LogP contribution in [0.2, 0.25) is 0 Å². The lowest BCUT2D eigenvalue weighted by Gasteiger charge is -2.33. The molecule has 0 bridgehead atoms. The van der Waals surface area contributed by atoms with Crippen LogP contribution in [0.5, 0.6) is 0 Å². The van der Waals surface area contributed by atoms with E-state index >= 15 is 0 Å². The largest absolute Gasteiger partial charge is 0.351 e. The SMILES string of the molecule is Cc1cccc2[nH]c(C(=O)N[C@@H](CC(C)C)C(=O)N3C[C@H]4[C@@H]([C@H]3C(=O)N[C@@H](C)C=O)C4(C)C)cc12. The molecule has 2 fully saturated rings. The number of rotatable bonds is 8. The molecule has 188 valence electrons. The number of aromatic nitrogens is 1. The third-order valence-electron chi connectivity index (χ3n) is 7.77. The molecular formula is C27H36N4O4. The number of fused-ring (bicyclic) bond motifs is 2. The highest BCUT2D eigenvalue weighted by Gasteiger charge is 2.69. The van der Waals surface area contributed by atoms with Crippen molar-refractivity contribution in [2.24, 2.45) is 23.2 Å². The number of carbonyl (C=O) groups is 4. The lowest BCUT2D eigenvalue weighted by atomic mass is 9.97. The van der Waals surface area contributed by atoms with Crippen LogP contribution < -0.4 is 10.6 Å². The molecule has 5 atom stereocenters. The fourth-order valence-corrected chi connectivity index (χ4v) is 5.72. The van der Waals surface area contributed by atoms with Crippen LogP contribution in [0.4, 0.5) is 0 Å². The number of aryl methyl sites for hydroxylation is 1. The molecule has 0 radical (unpaired) electrons. The third kappa shape index (κ3) is 4.58. The van der Waals surface area contributed by atoms with Crippen LogP contribution in [0, 0.1) is 30.1 Å². The van der Waals surface area contributed by atoms with E-state index in [4.69, 9.17) is 0 Å². The van der Waals surface area contributed by atoms with Crippen molar-refractivity contribution < 1.29 is 19.2 Å². The third-order valence-corrected chi connectivity index (χ3v) is 7.77. The molecule has 3 amide bonds. The molecule has 1 aromatic heterocycles. The minimum absolute atomic E-state index is 0.0392. The average molecular weight is 481 g/mol. The summed E-state index contributed by atoms with van der Waals surface area (Å²) in [7, 11) is 0. The maximum Gasteiger partial charge on any atom is 0.268 e. The number of carbonyl (C=O) groups excluding carboxylic acids is 4. The van der Waals surface area contributed by atoms with Crippen molar-refractivity contribution in [2.75, 3.05) is 6.54 Å². The summed E-state index contributed by atoms with van der Waals surface area (Å²) in [6.45, 7) is 12.3. The Hall–Kier alpha value is -3.16. The number of amides is 3. The minimum Gasteiger partial charge on any atom is -0.351 e. The second-order valence-electron chi connectivity index (χ2n) is 11.2. The molecule has 1 saturated heterocycles. The second kappa shape index (κ2) is 9.13. The molecule has 35 heavy (non-hydrogen) atoms. The Labute approximate surface area is 206 Å². The van der Waals surface area contributed by atoms with Crippen LogP contribution in [0.3, 0.4) is 0 Å². The molecule has 2 heterocycles. The molecule has 1 aliphatic heterocycles. The van der Waals surface area contributed by atoms with Crippen molar-refractivity contribution in [3.05, 3.63) is 35.5 Å². The quantitative estimate of drug-likeness (QED) is 0.505. The number of piperidine rings is 1. The molecular weight excluding hydrogens is 444 g/mol. The second-order valence-corrected chi connectivity index (χ2v) is 11.2. The summed E-state index contributed by atoms with van der Waals surface area (Å²) >= 11 is 0. The van der Waals surface area contributed by atoms with Gasteiger partial charge in [-0.25, -0.2) is 0 Å². The van der Waals surface area contributed by atoms with Gasteiger partial charge in [0.15, 0.2) is 0 Å². The zero-order valence-electron chi connectivity index (χ0n) is 21.3. The predicted molar refractivity (Wildman–Crippen MR) is 134 cm³/mol. The van der Waals surface area contributed by atoms with E-state index in [0.29, 0.717) is 24.9 Å². The summed E-state index contributed by atoms with van der Waals surface area (Å²) in [5.41, 5.74) is 2.28. The van der Waals surface area contributed by atoms with Crippen molar-refractivity contribution in [2.45, 2.75) is 66.1 Å². The summed E-state index contributed by atoms with van der Waals surface area (Å²) in [6, 6.07) is 5.61. The highest BCUT2D eigenvalue weighted by molar-refractivity contribution is 6.01. The Kier molecular flexibility index (Phi) is 6.51. The highest BCUT2D eigenvalue weighted by atomic mass is 16.2. The molecule has 8 nitrogen and oxygen atoms in total. The van der Waals surface area contributed by atoms with Gasteiger partial charge in [0.1, 0.15) is 24.1 Å². The molecule has 2 aliphatic rings. The normalized spacial score (nSPS) is 24.1.